The van der Waals surface area contributed by atoms with E-state index in [2.05, 4.69) is 80.9 Å². The smallest absolute Gasteiger partial charge is 0.407 e. The van der Waals surface area contributed by atoms with E-state index in [1.165, 1.54) is 36.4 Å². The molecule has 8 aromatic rings. The summed E-state index contributed by atoms with van der Waals surface area (Å²) in [6.07, 6.45) is 8.13. The molecule has 0 bridgehead atoms. The number of alkyl carbamates (subject to hydrolysis) is 1. The predicted octanol–water partition coefficient (Wildman–Crippen LogP) is 12.2. The predicted molar refractivity (Wildman–Crippen MR) is 355 cm³/mol. The van der Waals surface area contributed by atoms with Crippen molar-refractivity contribution in [2.75, 3.05) is 37.1 Å². The molecule has 4 amide bonds. The summed E-state index contributed by atoms with van der Waals surface area (Å²) in [4.78, 5) is 71.4. The van der Waals surface area contributed by atoms with Crippen LogP contribution in [-0.4, -0.2) is 109 Å². The van der Waals surface area contributed by atoms with Gasteiger partial charge in [0.05, 0.1) is 40.1 Å². The summed E-state index contributed by atoms with van der Waals surface area (Å²) < 4.78 is 47.9. The normalized spacial score (nSPS) is 13.5. The van der Waals surface area contributed by atoms with E-state index in [-0.39, 0.29) is 67.4 Å². The number of hydrogen-bond acceptors (Lipinski definition) is 14. The highest BCUT2D eigenvalue weighted by Crippen LogP contribution is 2.33. The zero-order valence-electron chi connectivity index (χ0n) is 52.6. The third kappa shape index (κ3) is 19.1. The van der Waals surface area contributed by atoms with E-state index in [4.69, 9.17) is 24.2 Å². The molecule has 4 aromatic heterocycles. The SMILES string of the molecule is CC(C)(C)OC(=O)NCc1cc(F)cc(Br)c1.CCc1nc2c(cnn2CC)c(NC2CCOCC2)c1CNC(=O)c1cccc(C(=O)NCc2cc(F)cc(Br)c2)c1.CCc1nc2c(cnn2CC)c(NC2CCOCC2)c1CNC(=O)c1cccc(C(=O)O)c1. The van der Waals surface area contributed by atoms with Crippen LogP contribution in [0.3, 0.4) is 0 Å². The van der Waals surface area contributed by atoms with Gasteiger partial charge in [0.15, 0.2) is 11.3 Å². The standard InChI is InChI=1S/C31H34BrFN6O3.C24H29N5O4.C12H15BrFNO2/c1-3-27-25(28(37-24-8-10-42-11-9-24)26-18-36-39(4-2)29(26)38-27)17-35-31(41)21-7-5-6-20(14-21)30(40)34-16-19-12-22(32)15-23(33)13-19;1-3-20-18(13-25-23(30)15-6-5-7-16(12-15)24(31)32)21(27-17-8-10-33-11-9-17)19-14-26-29(4-2)22(19)28-20;1-12(2,3)17-11(16)15-7-8-4-9(13)6-10(14)5-8/h5-7,12-15,18,24H,3-4,8-11,16-17H2,1-2H3,(H,34,40)(H,35,41)(H,37,38);5-7,12,14,17H,3-4,8-11,13H2,1-2H3,(H,25,30)(H,27,28)(H,31,32);4-6H,7H2,1-3H3,(H,15,16). The van der Waals surface area contributed by atoms with Gasteiger partial charge < -0.3 is 51.2 Å². The number of fused-ring (bicyclic) bond motifs is 2. The first-order valence-electron chi connectivity index (χ1n) is 30.7. The lowest BCUT2D eigenvalue weighted by atomic mass is 10.0. The molecule has 2 saturated heterocycles. The number of ether oxygens (including phenoxy) is 3. The molecule has 0 unspecified atom stereocenters. The third-order valence-electron chi connectivity index (χ3n) is 15.1. The van der Waals surface area contributed by atoms with Crippen LogP contribution in [0, 0.1) is 11.6 Å². The number of rotatable bonds is 20. The maximum absolute atomic E-state index is 13.7. The number of carbonyl (C=O) groups excluding carboxylic acids is 4. The van der Waals surface area contributed by atoms with Crippen LogP contribution in [0.4, 0.5) is 25.0 Å². The Balaban J connectivity index is 0.000000193. The number of aryl methyl sites for hydroxylation is 4. The van der Waals surface area contributed by atoms with Gasteiger partial charge in [-0.1, -0.05) is 57.8 Å². The Morgan fingerprint density at radius 1 is 0.576 bits per heavy atom. The van der Waals surface area contributed by atoms with Crippen molar-refractivity contribution in [3.8, 4) is 0 Å². The molecule has 0 aliphatic carbocycles. The average molecular weight is 1390 g/mol. The summed E-state index contributed by atoms with van der Waals surface area (Å²) in [5, 5.41) is 38.9. The van der Waals surface area contributed by atoms with Gasteiger partial charge in [0, 0.05) is 126 Å². The number of benzene rings is 4. The Hall–Kier alpha value is -8.39. The fourth-order valence-corrected chi connectivity index (χ4v) is 11.6. The van der Waals surface area contributed by atoms with Crippen LogP contribution in [0.25, 0.3) is 22.1 Å². The van der Waals surface area contributed by atoms with Crippen molar-refractivity contribution in [1.82, 2.24) is 50.8 Å². The summed E-state index contributed by atoms with van der Waals surface area (Å²) in [5.41, 5.74) is 9.02. The van der Waals surface area contributed by atoms with Crippen LogP contribution in [-0.2, 0) is 66.3 Å². The number of halogens is 4. The zero-order chi connectivity index (χ0) is 66.1. The van der Waals surface area contributed by atoms with E-state index in [1.54, 1.807) is 69.3 Å². The molecule has 0 spiro atoms. The van der Waals surface area contributed by atoms with Gasteiger partial charge in [-0.05, 0) is 157 Å². The molecule has 2 fully saturated rings. The lowest BCUT2D eigenvalue weighted by molar-refractivity contribution is 0.0522. The van der Waals surface area contributed by atoms with E-state index in [0.29, 0.717) is 89.1 Å². The number of hydrogen-bond donors (Lipinski definition) is 7. The van der Waals surface area contributed by atoms with E-state index >= 15 is 0 Å². The number of nitrogens with zero attached hydrogens (tertiary/aromatic N) is 6. The Labute approximate surface area is 549 Å². The maximum atomic E-state index is 13.7. The molecule has 7 N–H and O–H groups in total. The minimum absolute atomic E-state index is 0.0776. The molecule has 0 saturated carbocycles. The molecule has 0 radical (unpaired) electrons. The van der Waals surface area contributed by atoms with Crippen molar-refractivity contribution < 1.29 is 52.1 Å². The molecule has 2 aliphatic rings. The molecule has 21 nitrogen and oxygen atoms in total. The number of anilines is 2. The van der Waals surface area contributed by atoms with Gasteiger partial charge in [0.1, 0.15) is 17.2 Å². The van der Waals surface area contributed by atoms with Crippen molar-refractivity contribution in [2.24, 2.45) is 0 Å². The highest BCUT2D eigenvalue weighted by atomic mass is 79.9. The summed E-state index contributed by atoms with van der Waals surface area (Å²) in [6.45, 7) is 18.7. The molecule has 488 valence electrons. The first-order chi connectivity index (χ1) is 44.1. The molecule has 25 heteroatoms. The van der Waals surface area contributed by atoms with Crippen LogP contribution in [0.5, 0.6) is 0 Å². The summed E-state index contributed by atoms with van der Waals surface area (Å²) >= 11 is 6.45. The van der Waals surface area contributed by atoms with E-state index in [0.717, 1.165) is 81.6 Å². The summed E-state index contributed by atoms with van der Waals surface area (Å²) in [6, 6.07) is 22.0. The van der Waals surface area contributed by atoms with Crippen LogP contribution in [0.1, 0.15) is 149 Å². The van der Waals surface area contributed by atoms with Crippen molar-refractivity contribution >= 4 is 95.1 Å². The quantitative estimate of drug-likeness (QED) is 0.0374. The summed E-state index contributed by atoms with van der Waals surface area (Å²) in [7, 11) is 0. The first kappa shape index (κ1) is 69.5. The van der Waals surface area contributed by atoms with Gasteiger partial charge in [0.25, 0.3) is 17.7 Å². The van der Waals surface area contributed by atoms with E-state index in [1.807, 2.05) is 42.5 Å². The minimum atomic E-state index is -1.07. The van der Waals surface area contributed by atoms with Crippen molar-refractivity contribution in [3.63, 3.8) is 0 Å². The highest BCUT2D eigenvalue weighted by molar-refractivity contribution is 9.10. The van der Waals surface area contributed by atoms with Gasteiger partial charge in [-0.3, -0.25) is 14.4 Å². The molecule has 92 heavy (non-hydrogen) atoms. The first-order valence-corrected chi connectivity index (χ1v) is 32.3. The maximum Gasteiger partial charge on any atom is 0.407 e. The minimum Gasteiger partial charge on any atom is -0.478 e. The largest absolute Gasteiger partial charge is 0.478 e. The second kappa shape index (κ2) is 32.8. The number of carbonyl (C=O) groups is 5. The molecule has 6 heterocycles. The average Bonchev–Trinajstić information content (AvgIpc) is 1.56. The fourth-order valence-electron chi connectivity index (χ4n) is 10.5. The zero-order valence-corrected chi connectivity index (χ0v) is 55.8. The van der Waals surface area contributed by atoms with Crippen LogP contribution in [0.15, 0.2) is 106 Å². The Bertz CT molecular complexity index is 3880. The number of amides is 4. The van der Waals surface area contributed by atoms with Gasteiger partial charge in [0.2, 0.25) is 0 Å². The third-order valence-corrected chi connectivity index (χ3v) is 16.0. The number of aromatic nitrogens is 6. The number of pyridine rings is 2. The molecule has 2 aliphatic heterocycles. The van der Waals surface area contributed by atoms with Crippen LogP contribution in [0.2, 0.25) is 0 Å². The van der Waals surface area contributed by atoms with Gasteiger partial charge >= 0.3 is 12.1 Å². The molecule has 10 rings (SSSR count). The second-order valence-corrected chi connectivity index (χ2v) is 24.7. The summed E-state index contributed by atoms with van der Waals surface area (Å²) in [5.74, 6) is -2.80. The monoisotopic (exact) mass is 1390 g/mol. The molecular weight excluding hydrogens is 1310 g/mol. The van der Waals surface area contributed by atoms with Crippen molar-refractivity contribution in [1.29, 1.82) is 0 Å². The van der Waals surface area contributed by atoms with E-state index < -0.39 is 23.5 Å². The van der Waals surface area contributed by atoms with Gasteiger partial charge in [-0.15, -0.1) is 0 Å². The second-order valence-electron chi connectivity index (χ2n) is 22.9. The number of carboxylic acid groups (broad SMARTS) is 1. The fraction of sp³-hybridized carbons (Fsp3) is 0.388. The van der Waals surface area contributed by atoms with Crippen molar-refractivity contribution in [2.45, 2.75) is 144 Å². The topological polar surface area (TPSA) is 267 Å². The lowest BCUT2D eigenvalue weighted by Gasteiger charge is -2.26. The number of carboxylic acids is 1. The van der Waals surface area contributed by atoms with Crippen LogP contribution >= 0.6 is 31.9 Å². The Kier molecular flexibility index (Phi) is 24.7. The Morgan fingerprint density at radius 2 is 0.967 bits per heavy atom. The number of aromatic carboxylic acids is 1. The van der Waals surface area contributed by atoms with Crippen molar-refractivity contribution in [3.05, 3.63) is 174 Å². The van der Waals surface area contributed by atoms with Gasteiger partial charge in [-0.25, -0.2) is 37.7 Å². The van der Waals surface area contributed by atoms with Gasteiger partial charge in [-0.2, -0.15) is 10.2 Å². The molecule has 4 aromatic carbocycles. The molecule has 0 atom stereocenters. The Morgan fingerprint density at radius 3 is 1.35 bits per heavy atom. The highest BCUT2D eigenvalue weighted by Gasteiger charge is 2.25. The number of nitrogens with one attached hydrogen (secondary N) is 6. The molecular formula is C67H78Br2F2N12O9. The van der Waals surface area contributed by atoms with E-state index in [9.17, 15) is 37.9 Å². The lowest BCUT2D eigenvalue weighted by Crippen LogP contribution is -2.32. The van der Waals surface area contributed by atoms with Crippen LogP contribution < -0.4 is 31.9 Å².